The van der Waals surface area contributed by atoms with Crippen molar-refractivity contribution in [2.24, 2.45) is 14.1 Å². The van der Waals surface area contributed by atoms with Gasteiger partial charge in [0.25, 0.3) is 5.91 Å². The average molecular weight is 863 g/mol. The molecule has 15 heteroatoms. The topological polar surface area (TPSA) is 117 Å². The van der Waals surface area contributed by atoms with E-state index in [2.05, 4.69) is 27.6 Å². The molecule has 0 spiro atoms. The van der Waals surface area contributed by atoms with E-state index in [1.54, 1.807) is 11.0 Å². The van der Waals surface area contributed by atoms with Gasteiger partial charge in [0.1, 0.15) is 24.3 Å². The van der Waals surface area contributed by atoms with E-state index in [9.17, 15) is 4.79 Å². The molecule has 0 radical (unpaired) electrons. The van der Waals surface area contributed by atoms with Gasteiger partial charge in [0, 0.05) is 84.1 Å². The molecule has 9 rings (SSSR count). The van der Waals surface area contributed by atoms with Crippen molar-refractivity contribution in [3.05, 3.63) is 98.8 Å². The lowest BCUT2D eigenvalue weighted by molar-refractivity contribution is -0.135. The van der Waals surface area contributed by atoms with E-state index in [0.29, 0.717) is 68.8 Å². The minimum Gasteiger partial charge on any atom is -0.494 e. The highest BCUT2D eigenvalue weighted by molar-refractivity contribution is 6.35. The molecule has 1 saturated heterocycles. The Morgan fingerprint density at radius 3 is 2.39 bits per heavy atom. The molecule has 3 aromatic carbocycles. The van der Waals surface area contributed by atoms with Crippen LogP contribution in [0.1, 0.15) is 58.0 Å². The third kappa shape index (κ3) is 7.15. The molecule has 4 aromatic heterocycles. The summed E-state index contributed by atoms with van der Waals surface area (Å²) in [5.41, 5.74) is 10.4. The quantitative estimate of drug-likeness (QED) is 0.127. The zero-order chi connectivity index (χ0) is 42.9. The second kappa shape index (κ2) is 16.0. The largest absolute Gasteiger partial charge is 0.494 e. The standard InChI is InChI=1S/C46H49Cl2N9O4/c1-26-19-32(20-27(2)42(26)48)61-16-8-9-33-34-11-12-36(47)41(40-29(4)50-53(7)30(40)5)43(34)57-28(3)22-56(46(59)44(33)57)38-23-55(24-39(58)54-14-17-60-18-15-54)37-13-10-31(21-35(37)38)45-49-25-52(6)51-45/h10-13,19-21,23,25,28H,8-9,14-18,22,24H2,1-7H3. The molecule has 2 amide bonds. The van der Waals surface area contributed by atoms with Gasteiger partial charge in [0.05, 0.1) is 47.3 Å². The molecule has 61 heavy (non-hydrogen) atoms. The predicted molar refractivity (Wildman–Crippen MR) is 239 cm³/mol. The van der Waals surface area contributed by atoms with Gasteiger partial charge in [-0.25, -0.2) is 4.98 Å². The van der Waals surface area contributed by atoms with Crippen molar-refractivity contribution in [2.45, 2.75) is 60.0 Å². The smallest absolute Gasteiger partial charge is 0.275 e. The molecular weight excluding hydrogens is 813 g/mol. The second-order valence-corrected chi connectivity index (χ2v) is 17.2. The number of carbonyl (C=O) groups is 2. The van der Waals surface area contributed by atoms with Crippen LogP contribution in [0.2, 0.25) is 10.0 Å². The van der Waals surface area contributed by atoms with Gasteiger partial charge in [-0.2, -0.15) is 10.2 Å². The van der Waals surface area contributed by atoms with Crippen molar-refractivity contribution in [3.8, 4) is 28.3 Å². The summed E-state index contributed by atoms with van der Waals surface area (Å²) in [5.74, 6) is 1.21. The maximum absolute atomic E-state index is 15.6. The van der Waals surface area contributed by atoms with E-state index >= 15 is 4.79 Å². The fourth-order valence-electron chi connectivity index (χ4n) is 9.23. The molecule has 1 fully saturated rings. The number of benzene rings is 3. The van der Waals surface area contributed by atoms with Crippen LogP contribution in [-0.2, 0) is 36.6 Å². The number of ether oxygens (including phenoxy) is 2. The number of anilines is 1. The first-order valence-electron chi connectivity index (χ1n) is 20.7. The predicted octanol–water partition coefficient (Wildman–Crippen LogP) is 8.42. The lowest BCUT2D eigenvalue weighted by Crippen LogP contribution is -2.43. The lowest BCUT2D eigenvalue weighted by atomic mass is 9.98. The van der Waals surface area contributed by atoms with Crippen LogP contribution < -0.4 is 9.64 Å². The molecule has 2 aliphatic rings. The maximum atomic E-state index is 15.6. The van der Waals surface area contributed by atoms with E-state index in [0.717, 1.165) is 83.0 Å². The summed E-state index contributed by atoms with van der Waals surface area (Å²) in [6.45, 7) is 13.2. The molecule has 0 bridgehead atoms. The van der Waals surface area contributed by atoms with E-state index in [-0.39, 0.29) is 24.4 Å². The Balaban J connectivity index is 1.17. The molecule has 1 unspecified atom stereocenters. The third-order valence-corrected chi connectivity index (χ3v) is 13.2. The fraction of sp³-hybridized carbons (Fsp3) is 0.370. The van der Waals surface area contributed by atoms with Gasteiger partial charge >= 0.3 is 0 Å². The van der Waals surface area contributed by atoms with Gasteiger partial charge in [0.15, 0.2) is 5.82 Å². The highest BCUT2D eigenvalue weighted by Crippen LogP contribution is 2.46. The summed E-state index contributed by atoms with van der Waals surface area (Å²) in [7, 11) is 3.77. The minimum absolute atomic E-state index is 0.000456. The van der Waals surface area contributed by atoms with Crippen LogP contribution in [0.25, 0.3) is 44.3 Å². The van der Waals surface area contributed by atoms with Crippen molar-refractivity contribution < 1.29 is 19.1 Å². The summed E-state index contributed by atoms with van der Waals surface area (Å²) in [4.78, 5) is 37.5. The molecule has 13 nitrogen and oxygen atoms in total. The summed E-state index contributed by atoms with van der Waals surface area (Å²) in [5, 5.41) is 12.5. The normalized spacial score (nSPS) is 15.7. The summed E-state index contributed by atoms with van der Waals surface area (Å²) >= 11 is 13.6. The van der Waals surface area contributed by atoms with Gasteiger partial charge < -0.3 is 28.4 Å². The van der Waals surface area contributed by atoms with Crippen LogP contribution in [0.3, 0.4) is 0 Å². The number of aromatic nitrogens is 7. The first-order valence-corrected chi connectivity index (χ1v) is 21.5. The Morgan fingerprint density at radius 1 is 0.951 bits per heavy atom. The molecule has 0 aliphatic carbocycles. The van der Waals surface area contributed by atoms with Gasteiger partial charge in [-0.15, -0.1) is 0 Å². The van der Waals surface area contributed by atoms with Crippen molar-refractivity contribution in [1.29, 1.82) is 0 Å². The monoisotopic (exact) mass is 861 g/mol. The molecule has 0 N–H and O–H groups in total. The third-order valence-electron chi connectivity index (χ3n) is 12.2. The van der Waals surface area contributed by atoms with Crippen molar-refractivity contribution in [3.63, 3.8) is 0 Å². The van der Waals surface area contributed by atoms with Gasteiger partial charge in [-0.1, -0.05) is 29.3 Å². The van der Waals surface area contributed by atoms with Crippen molar-refractivity contribution >= 4 is 62.5 Å². The zero-order valence-electron chi connectivity index (χ0n) is 35.6. The lowest BCUT2D eigenvalue weighted by Gasteiger charge is -2.34. The number of hydrogen-bond acceptors (Lipinski definition) is 7. The molecule has 7 aromatic rings. The molecule has 0 saturated carbocycles. The maximum Gasteiger partial charge on any atom is 0.275 e. The van der Waals surface area contributed by atoms with Crippen LogP contribution in [0.4, 0.5) is 5.69 Å². The van der Waals surface area contributed by atoms with Crippen LogP contribution >= 0.6 is 23.2 Å². The number of nitrogens with zero attached hydrogens (tertiary/aromatic N) is 9. The second-order valence-electron chi connectivity index (χ2n) is 16.4. The van der Waals surface area contributed by atoms with E-state index in [1.165, 1.54) is 0 Å². The highest BCUT2D eigenvalue weighted by atomic mass is 35.5. The van der Waals surface area contributed by atoms with Gasteiger partial charge in [-0.3, -0.25) is 19.0 Å². The number of hydrogen-bond donors (Lipinski definition) is 0. The highest BCUT2D eigenvalue weighted by Gasteiger charge is 2.38. The first kappa shape index (κ1) is 40.8. The van der Waals surface area contributed by atoms with E-state index < -0.39 is 0 Å². The Bertz CT molecular complexity index is 2860. The van der Waals surface area contributed by atoms with Gasteiger partial charge in [-0.05, 0) is 101 Å². The Hall–Kier alpha value is -5.63. The number of carbonyl (C=O) groups excluding carboxylic acids is 2. The molecule has 316 valence electrons. The fourth-order valence-corrected chi connectivity index (χ4v) is 9.59. The van der Waals surface area contributed by atoms with Crippen LogP contribution in [0.15, 0.2) is 55.0 Å². The summed E-state index contributed by atoms with van der Waals surface area (Å²) in [6, 6.07) is 13.7. The summed E-state index contributed by atoms with van der Waals surface area (Å²) in [6.07, 6.45) is 4.85. The van der Waals surface area contributed by atoms with Crippen LogP contribution in [0, 0.1) is 27.7 Å². The number of aryl methyl sites for hydroxylation is 6. The molecule has 2 aliphatic heterocycles. The molecule has 6 heterocycles. The van der Waals surface area contributed by atoms with Crippen LogP contribution in [-0.4, -0.2) is 89.8 Å². The number of amides is 2. The zero-order valence-corrected chi connectivity index (χ0v) is 37.1. The van der Waals surface area contributed by atoms with Crippen LogP contribution in [0.5, 0.6) is 5.75 Å². The Labute approximate surface area is 364 Å². The first-order chi connectivity index (χ1) is 29.3. The molecule has 1 atom stereocenters. The van der Waals surface area contributed by atoms with Crippen molar-refractivity contribution in [1.82, 2.24) is 38.6 Å². The average Bonchev–Trinajstić information content (AvgIpc) is 3.99. The number of halogens is 2. The van der Waals surface area contributed by atoms with Gasteiger partial charge in [0.2, 0.25) is 5.91 Å². The Morgan fingerprint density at radius 2 is 1.70 bits per heavy atom. The SMILES string of the molecule is Cc1cc(OCCCc2c3n(c4c(-c5c(C)nn(C)c5C)c(Cl)ccc24)C(C)CN(c2cn(CC(=O)N4CCOCC4)c4ccc(-c5ncn(C)n5)cc24)C3=O)cc(C)c1Cl. The minimum atomic E-state index is -0.163. The number of rotatable bonds is 10. The number of morpholine rings is 1. The summed E-state index contributed by atoms with van der Waals surface area (Å²) < 4.78 is 19.5. The molecular formula is C46H49Cl2N9O4. The van der Waals surface area contributed by atoms with E-state index in [4.69, 9.17) is 37.8 Å². The number of fused-ring (bicyclic) bond motifs is 4. The van der Waals surface area contributed by atoms with E-state index in [1.807, 2.05) is 103 Å². The Kier molecular flexibility index (Phi) is 10.7. The van der Waals surface area contributed by atoms with Crippen molar-refractivity contribution in [2.75, 3.05) is 44.4 Å².